The summed E-state index contributed by atoms with van der Waals surface area (Å²) in [4.78, 5) is 0. The summed E-state index contributed by atoms with van der Waals surface area (Å²) in [6, 6.07) is 34.6. The fourth-order valence-electron chi connectivity index (χ4n) is 3.35. The van der Waals surface area contributed by atoms with Crippen LogP contribution in [0.1, 0.15) is 16.7 Å². The minimum Gasteiger partial charge on any atom is -0.432 e. The molecule has 0 spiro atoms. The van der Waals surface area contributed by atoms with Gasteiger partial charge in [-0.25, -0.2) is 5.10 Å². The third-order valence-corrected chi connectivity index (χ3v) is 4.37. The van der Waals surface area contributed by atoms with Crippen molar-refractivity contribution in [2.75, 3.05) is 0 Å². The van der Waals surface area contributed by atoms with Crippen LogP contribution in [0, 0.1) is 6.07 Å². The summed E-state index contributed by atoms with van der Waals surface area (Å²) in [5.74, 6) is 0. The first-order chi connectivity index (χ1) is 11.9. The number of rotatable bonds is 4. The Kier molecular flexibility index (Phi) is 5.24. The number of nitrogens with zero attached hydrogens (tertiary/aromatic N) is 2. The molecule has 1 aromatic heterocycles. The van der Waals surface area contributed by atoms with Gasteiger partial charge in [-0.2, -0.15) is 6.20 Å². The Bertz CT molecular complexity index is 792. The summed E-state index contributed by atoms with van der Waals surface area (Å²) in [6.07, 6.45) is 3.62. The van der Waals surface area contributed by atoms with Crippen molar-refractivity contribution in [3.63, 3.8) is 0 Å². The number of hydrogen-bond acceptors (Lipinski definition) is 1. The molecule has 0 saturated carbocycles. The quantitative estimate of drug-likeness (QED) is 0.317. The molecule has 4 aromatic rings. The zero-order valence-corrected chi connectivity index (χ0v) is 14.2. The third kappa shape index (κ3) is 2.96. The molecule has 0 radical (unpaired) electrons. The molecular formula is C22H17LiN2. The van der Waals surface area contributed by atoms with Crippen LogP contribution in [0.3, 0.4) is 0 Å². The van der Waals surface area contributed by atoms with Crippen molar-refractivity contribution in [2.45, 2.75) is 5.54 Å². The maximum Gasteiger partial charge on any atom is 1.00 e. The van der Waals surface area contributed by atoms with Gasteiger partial charge in [0.05, 0.1) is 0 Å². The predicted molar refractivity (Wildman–Crippen MR) is 95.7 cm³/mol. The van der Waals surface area contributed by atoms with Gasteiger partial charge < -0.3 is 6.07 Å². The van der Waals surface area contributed by atoms with E-state index in [0.29, 0.717) is 0 Å². The first-order valence-corrected chi connectivity index (χ1v) is 8.00. The molecule has 2 nitrogen and oxygen atoms in total. The number of benzene rings is 3. The van der Waals surface area contributed by atoms with E-state index in [4.69, 9.17) is 0 Å². The Morgan fingerprint density at radius 1 is 0.640 bits per heavy atom. The molecule has 116 valence electrons. The molecule has 0 fully saturated rings. The van der Waals surface area contributed by atoms with E-state index in [1.165, 1.54) is 16.7 Å². The molecule has 0 atom stereocenters. The van der Waals surface area contributed by atoms with E-state index in [9.17, 15) is 0 Å². The zero-order valence-electron chi connectivity index (χ0n) is 14.2. The van der Waals surface area contributed by atoms with Crippen molar-refractivity contribution < 1.29 is 18.9 Å². The molecule has 0 bridgehead atoms. The summed E-state index contributed by atoms with van der Waals surface area (Å²) in [6.45, 7) is 0. The smallest absolute Gasteiger partial charge is 0.432 e. The summed E-state index contributed by atoms with van der Waals surface area (Å²) in [5.41, 5.74) is 2.97. The molecule has 0 amide bonds. The Balaban J connectivity index is 0.00000182. The average molecular weight is 316 g/mol. The molecule has 4 rings (SSSR count). The van der Waals surface area contributed by atoms with E-state index >= 15 is 0 Å². The van der Waals surface area contributed by atoms with Crippen molar-refractivity contribution in [3.05, 3.63) is 126 Å². The van der Waals surface area contributed by atoms with Gasteiger partial charge >= 0.3 is 18.9 Å². The van der Waals surface area contributed by atoms with Crippen LogP contribution in [0.25, 0.3) is 0 Å². The Morgan fingerprint density at radius 3 is 1.36 bits per heavy atom. The fraction of sp³-hybridized carbons (Fsp3) is 0.0455. The summed E-state index contributed by atoms with van der Waals surface area (Å²) in [7, 11) is 0. The second-order valence-electron chi connectivity index (χ2n) is 5.69. The van der Waals surface area contributed by atoms with Crippen molar-refractivity contribution in [2.24, 2.45) is 0 Å². The first-order valence-electron chi connectivity index (χ1n) is 8.00. The minimum absolute atomic E-state index is 0. The normalized spacial score (nSPS) is 10.9. The Labute approximate surface area is 160 Å². The SMILES string of the molecule is [Li+].[c-]1cnn(C(c2ccccc2)(c2ccccc2)c2ccccc2)c1. The van der Waals surface area contributed by atoms with Crippen LogP contribution < -0.4 is 18.9 Å². The maximum absolute atomic E-state index is 4.58. The van der Waals surface area contributed by atoms with E-state index in [1.807, 2.05) is 29.1 Å². The van der Waals surface area contributed by atoms with Crippen molar-refractivity contribution >= 4 is 0 Å². The molecule has 25 heavy (non-hydrogen) atoms. The van der Waals surface area contributed by atoms with Crippen LogP contribution in [0.15, 0.2) is 103 Å². The second kappa shape index (κ2) is 7.57. The monoisotopic (exact) mass is 316 g/mol. The molecule has 0 aliphatic heterocycles. The van der Waals surface area contributed by atoms with Crippen LogP contribution in [0.2, 0.25) is 0 Å². The van der Waals surface area contributed by atoms with Gasteiger partial charge in [-0.1, -0.05) is 91.0 Å². The van der Waals surface area contributed by atoms with Crippen molar-refractivity contribution in [1.29, 1.82) is 0 Å². The molecular weight excluding hydrogens is 299 g/mol. The van der Waals surface area contributed by atoms with Crippen LogP contribution in [-0.2, 0) is 5.54 Å². The second-order valence-corrected chi connectivity index (χ2v) is 5.69. The van der Waals surface area contributed by atoms with E-state index in [0.717, 1.165) is 0 Å². The van der Waals surface area contributed by atoms with Gasteiger partial charge in [0.15, 0.2) is 0 Å². The van der Waals surface area contributed by atoms with Crippen molar-refractivity contribution in [1.82, 2.24) is 9.78 Å². The van der Waals surface area contributed by atoms with Gasteiger partial charge in [0.1, 0.15) is 5.54 Å². The van der Waals surface area contributed by atoms with Crippen molar-refractivity contribution in [3.8, 4) is 0 Å². The molecule has 0 aliphatic rings. The predicted octanol–water partition coefficient (Wildman–Crippen LogP) is 1.53. The summed E-state index contributed by atoms with van der Waals surface area (Å²) in [5, 5.41) is 4.58. The molecule has 3 aromatic carbocycles. The molecule has 0 aliphatic carbocycles. The Hall–Kier alpha value is -2.53. The van der Waals surface area contributed by atoms with Gasteiger partial charge in [0, 0.05) is 0 Å². The Morgan fingerprint density at radius 2 is 1.04 bits per heavy atom. The molecule has 3 heteroatoms. The number of hydrogen-bond donors (Lipinski definition) is 0. The van der Waals surface area contributed by atoms with Gasteiger partial charge in [-0.3, -0.25) is 4.68 Å². The summed E-state index contributed by atoms with van der Waals surface area (Å²) >= 11 is 0. The van der Waals surface area contributed by atoms with Crippen LogP contribution in [0.5, 0.6) is 0 Å². The van der Waals surface area contributed by atoms with E-state index in [2.05, 4.69) is 84.0 Å². The minimum atomic E-state index is -0.524. The largest absolute Gasteiger partial charge is 1.00 e. The molecule has 0 saturated heterocycles. The van der Waals surface area contributed by atoms with Gasteiger partial charge in [-0.15, -0.1) is 6.20 Å². The van der Waals surface area contributed by atoms with E-state index in [-0.39, 0.29) is 18.9 Å². The van der Waals surface area contributed by atoms with E-state index < -0.39 is 5.54 Å². The van der Waals surface area contributed by atoms with Gasteiger partial charge in [-0.05, 0) is 16.7 Å². The first kappa shape index (κ1) is 17.3. The maximum atomic E-state index is 4.58. The third-order valence-electron chi connectivity index (χ3n) is 4.37. The van der Waals surface area contributed by atoms with Crippen LogP contribution >= 0.6 is 0 Å². The topological polar surface area (TPSA) is 17.8 Å². The standard InChI is InChI=1S/C22H17N2.Li/c1-4-11-19(12-5-1)22(24-18-10-17-23-24,20-13-6-2-7-14-20)21-15-8-3-9-16-21;/h1-9,11-18H;/q-1;+1. The number of aromatic nitrogens is 2. The van der Waals surface area contributed by atoms with Gasteiger partial charge in [0.25, 0.3) is 0 Å². The van der Waals surface area contributed by atoms with E-state index in [1.54, 1.807) is 6.20 Å². The van der Waals surface area contributed by atoms with Crippen LogP contribution in [-0.4, -0.2) is 9.78 Å². The summed E-state index contributed by atoms with van der Waals surface area (Å²) < 4.78 is 1.99. The molecule has 1 heterocycles. The van der Waals surface area contributed by atoms with Gasteiger partial charge in [0.2, 0.25) is 0 Å². The average Bonchev–Trinajstić information content (AvgIpc) is 3.20. The zero-order chi connectivity index (χ0) is 16.2. The fourth-order valence-corrected chi connectivity index (χ4v) is 3.35. The molecule has 0 unspecified atom stereocenters. The van der Waals surface area contributed by atoms with Crippen LogP contribution in [0.4, 0.5) is 0 Å². The molecule has 0 N–H and O–H groups in total.